The Labute approximate surface area is 124 Å². The molecule has 0 aromatic heterocycles. The summed E-state index contributed by atoms with van der Waals surface area (Å²) in [6.45, 7) is 7.72. The average molecular weight is 327 g/mol. The number of halogens is 1. The third-order valence-corrected chi connectivity index (χ3v) is 3.86. The number of para-hydroxylation sites is 1. The minimum absolute atomic E-state index is 0.780. The van der Waals surface area contributed by atoms with Gasteiger partial charge in [-0.05, 0) is 31.6 Å². The molecule has 0 spiro atoms. The van der Waals surface area contributed by atoms with Crippen LogP contribution in [-0.2, 0) is 0 Å². The van der Waals surface area contributed by atoms with Crippen LogP contribution in [0.15, 0.2) is 30.3 Å². The Morgan fingerprint density at radius 2 is 1.63 bits per heavy atom. The first kappa shape index (κ1) is 14.8. The van der Waals surface area contributed by atoms with E-state index in [1.54, 1.807) is 0 Å². The number of hydrogen-bond acceptors (Lipinski definition) is 3. The molecule has 1 aliphatic heterocycles. The van der Waals surface area contributed by atoms with Gasteiger partial charge >= 0.3 is 0 Å². The fraction of sp³-hybridized carbons (Fsp3) is 0.600. The van der Waals surface area contributed by atoms with Crippen molar-refractivity contribution in [2.45, 2.75) is 6.42 Å². The standard InChI is InChI=1S/C15H23BrN2O/c16-7-10-17-8-4-9-18(12-11-17)13-14-19-15-5-2-1-3-6-15/h1-3,5-6H,4,7-14H2. The lowest BCUT2D eigenvalue weighted by Gasteiger charge is -2.21. The summed E-state index contributed by atoms with van der Waals surface area (Å²) in [7, 11) is 0. The average Bonchev–Trinajstić information content (AvgIpc) is 2.66. The fourth-order valence-electron chi connectivity index (χ4n) is 2.40. The Morgan fingerprint density at radius 3 is 2.32 bits per heavy atom. The van der Waals surface area contributed by atoms with E-state index in [-0.39, 0.29) is 0 Å². The molecule has 0 bridgehead atoms. The van der Waals surface area contributed by atoms with Gasteiger partial charge in [-0.3, -0.25) is 4.90 Å². The normalized spacial score (nSPS) is 18.2. The largest absolute Gasteiger partial charge is 0.492 e. The van der Waals surface area contributed by atoms with Gasteiger partial charge in [0.2, 0.25) is 0 Å². The minimum atomic E-state index is 0.780. The fourth-order valence-corrected chi connectivity index (χ4v) is 2.90. The van der Waals surface area contributed by atoms with Crippen molar-refractivity contribution in [1.82, 2.24) is 9.80 Å². The summed E-state index contributed by atoms with van der Waals surface area (Å²) < 4.78 is 5.76. The van der Waals surface area contributed by atoms with E-state index in [1.807, 2.05) is 30.3 Å². The Kier molecular flexibility index (Phi) is 6.68. The number of nitrogens with zero attached hydrogens (tertiary/aromatic N) is 2. The van der Waals surface area contributed by atoms with Crippen LogP contribution in [0.1, 0.15) is 6.42 Å². The van der Waals surface area contributed by atoms with Crippen LogP contribution in [0.5, 0.6) is 5.75 Å². The molecule has 2 rings (SSSR count). The molecule has 1 heterocycles. The number of benzene rings is 1. The molecule has 0 atom stereocenters. The zero-order chi connectivity index (χ0) is 13.3. The molecule has 1 fully saturated rings. The molecule has 1 aromatic carbocycles. The third-order valence-electron chi connectivity index (χ3n) is 3.50. The van der Waals surface area contributed by atoms with Crippen molar-refractivity contribution in [1.29, 1.82) is 0 Å². The molecular formula is C15H23BrN2O. The van der Waals surface area contributed by atoms with Crippen LogP contribution in [0.25, 0.3) is 0 Å². The van der Waals surface area contributed by atoms with Crippen LogP contribution in [0.3, 0.4) is 0 Å². The van der Waals surface area contributed by atoms with Crippen molar-refractivity contribution in [3.8, 4) is 5.75 Å². The Morgan fingerprint density at radius 1 is 0.947 bits per heavy atom. The van der Waals surface area contributed by atoms with E-state index in [9.17, 15) is 0 Å². The van der Waals surface area contributed by atoms with Gasteiger partial charge < -0.3 is 9.64 Å². The first-order valence-corrected chi connectivity index (χ1v) is 8.19. The minimum Gasteiger partial charge on any atom is -0.492 e. The maximum Gasteiger partial charge on any atom is 0.119 e. The topological polar surface area (TPSA) is 15.7 Å². The molecular weight excluding hydrogens is 304 g/mol. The molecule has 1 saturated heterocycles. The van der Waals surface area contributed by atoms with E-state index < -0.39 is 0 Å². The van der Waals surface area contributed by atoms with Gasteiger partial charge in [0.15, 0.2) is 0 Å². The summed E-state index contributed by atoms with van der Waals surface area (Å²) in [5, 5.41) is 1.07. The van der Waals surface area contributed by atoms with Crippen LogP contribution in [0, 0.1) is 0 Å². The van der Waals surface area contributed by atoms with E-state index >= 15 is 0 Å². The van der Waals surface area contributed by atoms with Crippen molar-refractivity contribution in [3.63, 3.8) is 0 Å². The molecule has 0 N–H and O–H groups in total. The van der Waals surface area contributed by atoms with E-state index in [1.165, 1.54) is 26.1 Å². The SMILES string of the molecule is BrCCN1CCCN(CCOc2ccccc2)CC1. The molecule has 0 aliphatic carbocycles. The van der Waals surface area contributed by atoms with Gasteiger partial charge in [0.25, 0.3) is 0 Å². The van der Waals surface area contributed by atoms with E-state index in [0.29, 0.717) is 0 Å². The monoisotopic (exact) mass is 326 g/mol. The maximum atomic E-state index is 5.76. The molecule has 19 heavy (non-hydrogen) atoms. The van der Waals surface area contributed by atoms with Gasteiger partial charge in [0.05, 0.1) is 0 Å². The first-order chi connectivity index (χ1) is 9.38. The van der Waals surface area contributed by atoms with Crippen molar-refractivity contribution in [2.75, 3.05) is 51.2 Å². The molecule has 0 amide bonds. The van der Waals surface area contributed by atoms with Crippen LogP contribution in [0.4, 0.5) is 0 Å². The molecule has 106 valence electrons. The molecule has 3 nitrogen and oxygen atoms in total. The zero-order valence-corrected chi connectivity index (χ0v) is 13.0. The van der Waals surface area contributed by atoms with E-state index in [4.69, 9.17) is 4.74 Å². The van der Waals surface area contributed by atoms with Crippen LogP contribution in [-0.4, -0.2) is 61.0 Å². The molecule has 1 aliphatic rings. The number of rotatable bonds is 6. The number of hydrogen-bond donors (Lipinski definition) is 0. The van der Waals surface area contributed by atoms with Crippen LogP contribution >= 0.6 is 15.9 Å². The Bertz CT molecular complexity index is 347. The van der Waals surface area contributed by atoms with Crippen molar-refractivity contribution in [3.05, 3.63) is 30.3 Å². The lowest BCUT2D eigenvalue weighted by Crippen LogP contribution is -2.33. The number of alkyl halides is 1. The molecule has 1 aromatic rings. The van der Waals surface area contributed by atoms with Crippen molar-refractivity contribution >= 4 is 15.9 Å². The van der Waals surface area contributed by atoms with Gasteiger partial charge in [0.1, 0.15) is 12.4 Å². The molecule has 0 radical (unpaired) electrons. The van der Waals surface area contributed by atoms with Gasteiger partial charge in [0, 0.05) is 31.5 Å². The molecule has 0 saturated carbocycles. The Balaban J connectivity index is 1.66. The summed E-state index contributed by atoms with van der Waals surface area (Å²) >= 11 is 3.52. The first-order valence-electron chi connectivity index (χ1n) is 7.07. The third kappa shape index (κ3) is 5.51. The quantitative estimate of drug-likeness (QED) is 0.747. The zero-order valence-electron chi connectivity index (χ0n) is 11.4. The maximum absolute atomic E-state index is 5.76. The smallest absolute Gasteiger partial charge is 0.119 e. The van der Waals surface area contributed by atoms with E-state index in [2.05, 4.69) is 25.7 Å². The van der Waals surface area contributed by atoms with Gasteiger partial charge in [-0.15, -0.1) is 0 Å². The highest BCUT2D eigenvalue weighted by Gasteiger charge is 2.13. The van der Waals surface area contributed by atoms with E-state index in [0.717, 1.165) is 37.3 Å². The summed E-state index contributed by atoms with van der Waals surface area (Å²) in [6.07, 6.45) is 1.26. The van der Waals surface area contributed by atoms with Crippen LogP contribution < -0.4 is 4.74 Å². The summed E-state index contributed by atoms with van der Waals surface area (Å²) in [5.41, 5.74) is 0. The second-order valence-electron chi connectivity index (χ2n) is 4.89. The highest BCUT2D eigenvalue weighted by Crippen LogP contribution is 2.08. The highest BCUT2D eigenvalue weighted by molar-refractivity contribution is 9.09. The predicted octanol–water partition coefficient (Wildman–Crippen LogP) is 2.47. The van der Waals surface area contributed by atoms with Gasteiger partial charge in [-0.1, -0.05) is 34.1 Å². The molecule has 0 unspecified atom stereocenters. The van der Waals surface area contributed by atoms with Crippen molar-refractivity contribution in [2.24, 2.45) is 0 Å². The second-order valence-corrected chi connectivity index (χ2v) is 5.68. The second kappa shape index (κ2) is 8.56. The number of ether oxygens (including phenoxy) is 1. The van der Waals surface area contributed by atoms with Crippen molar-refractivity contribution < 1.29 is 4.74 Å². The molecule has 4 heteroatoms. The lowest BCUT2D eigenvalue weighted by molar-refractivity contribution is 0.210. The van der Waals surface area contributed by atoms with Gasteiger partial charge in [-0.25, -0.2) is 0 Å². The Hall–Kier alpha value is -0.580. The lowest BCUT2D eigenvalue weighted by atomic mass is 10.3. The summed E-state index contributed by atoms with van der Waals surface area (Å²) in [6, 6.07) is 10.1. The summed E-state index contributed by atoms with van der Waals surface area (Å²) in [4.78, 5) is 5.05. The highest BCUT2D eigenvalue weighted by atomic mass is 79.9. The van der Waals surface area contributed by atoms with Gasteiger partial charge in [-0.2, -0.15) is 0 Å². The summed E-state index contributed by atoms with van der Waals surface area (Å²) in [5.74, 6) is 0.971. The van der Waals surface area contributed by atoms with Crippen LogP contribution in [0.2, 0.25) is 0 Å². The predicted molar refractivity (Wildman–Crippen MR) is 83.2 cm³/mol.